The number of carbonyl (C=O) groups excluding carboxylic acids is 2. The molecule has 1 atom stereocenters. The Labute approximate surface area is 163 Å². The molecule has 0 bridgehead atoms. The van der Waals surface area contributed by atoms with Gasteiger partial charge in [0.1, 0.15) is 0 Å². The lowest BCUT2D eigenvalue weighted by molar-refractivity contribution is 0.0978. The zero-order chi connectivity index (χ0) is 19.4. The highest BCUT2D eigenvalue weighted by Gasteiger charge is 2.32. The highest BCUT2D eigenvalue weighted by atomic mass is 16.1. The smallest absolute Gasteiger partial charge is 0.194 e. The van der Waals surface area contributed by atoms with Crippen LogP contribution >= 0.6 is 0 Å². The molecule has 0 aliphatic heterocycles. The van der Waals surface area contributed by atoms with E-state index in [2.05, 4.69) is 19.9 Å². The second kappa shape index (κ2) is 8.65. The van der Waals surface area contributed by atoms with E-state index in [1.54, 1.807) is 12.1 Å². The fourth-order valence-corrected chi connectivity index (χ4v) is 4.38. The van der Waals surface area contributed by atoms with Crippen molar-refractivity contribution in [2.24, 2.45) is 0 Å². The first-order valence-electron chi connectivity index (χ1n) is 10.4. The number of rotatable bonds is 8. The monoisotopic (exact) mass is 362 g/mol. The molecule has 0 fully saturated rings. The molecular formula is C25H30O2. The number of hydrogen-bond acceptors (Lipinski definition) is 2. The quantitative estimate of drug-likeness (QED) is 0.422. The van der Waals surface area contributed by atoms with Crippen LogP contribution in [-0.4, -0.2) is 11.6 Å². The van der Waals surface area contributed by atoms with Crippen LogP contribution in [0.4, 0.5) is 0 Å². The van der Waals surface area contributed by atoms with Crippen LogP contribution in [0.2, 0.25) is 0 Å². The second-order valence-electron chi connectivity index (χ2n) is 7.71. The molecule has 1 unspecified atom stereocenters. The summed E-state index contributed by atoms with van der Waals surface area (Å²) in [7, 11) is 0. The summed E-state index contributed by atoms with van der Waals surface area (Å²) in [6.07, 6.45) is 8.60. The molecule has 0 saturated heterocycles. The Kier molecular flexibility index (Phi) is 6.26. The lowest BCUT2D eigenvalue weighted by Gasteiger charge is -2.24. The van der Waals surface area contributed by atoms with Crippen molar-refractivity contribution in [3.63, 3.8) is 0 Å². The third-order valence-electron chi connectivity index (χ3n) is 5.98. The SMILES string of the molecule is CCCCCCCC(CC)c1ccc2c(c1C)C(=O)c1ccccc1C2=O. The first kappa shape index (κ1) is 19.5. The zero-order valence-electron chi connectivity index (χ0n) is 16.8. The van der Waals surface area contributed by atoms with E-state index >= 15 is 0 Å². The Morgan fingerprint density at radius 3 is 2.11 bits per heavy atom. The molecule has 142 valence electrons. The predicted octanol–water partition coefficient (Wildman–Crippen LogP) is 6.62. The topological polar surface area (TPSA) is 34.1 Å². The fraction of sp³-hybridized carbons (Fsp3) is 0.440. The minimum atomic E-state index is -0.0255. The summed E-state index contributed by atoms with van der Waals surface area (Å²) in [6, 6.07) is 11.2. The predicted molar refractivity (Wildman–Crippen MR) is 111 cm³/mol. The van der Waals surface area contributed by atoms with E-state index in [0.29, 0.717) is 28.2 Å². The first-order chi connectivity index (χ1) is 13.1. The third-order valence-corrected chi connectivity index (χ3v) is 5.98. The third kappa shape index (κ3) is 3.76. The van der Waals surface area contributed by atoms with E-state index in [1.807, 2.05) is 25.1 Å². The Balaban J connectivity index is 1.90. The van der Waals surface area contributed by atoms with E-state index < -0.39 is 0 Å². The lowest BCUT2D eigenvalue weighted by atomic mass is 9.78. The standard InChI is InChI=1S/C25H30O2/c1-4-6-7-8-9-12-18(5-2)19-15-16-22-23(17(19)3)25(27)21-14-11-10-13-20(21)24(22)26/h10-11,13-16,18H,4-9,12H2,1-3H3. The number of hydrogen-bond donors (Lipinski definition) is 0. The highest BCUT2D eigenvalue weighted by Crippen LogP contribution is 2.35. The van der Waals surface area contributed by atoms with Crippen molar-refractivity contribution in [2.75, 3.05) is 0 Å². The largest absolute Gasteiger partial charge is 0.289 e. The van der Waals surface area contributed by atoms with E-state index in [-0.39, 0.29) is 11.6 Å². The molecule has 0 aromatic heterocycles. The van der Waals surface area contributed by atoms with Crippen LogP contribution in [0.1, 0.15) is 108 Å². The number of carbonyl (C=O) groups is 2. The van der Waals surface area contributed by atoms with Gasteiger partial charge in [-0.05, 0) is 42.9 Å². The average molecular weight is 363 g/mol. The zero-order valence-corrected chi connectivity index (χ0v) is 16.8. The summed E-state index contributed by atoms with van der Waals surface area (Å²) in [5.41, 5.74) is 4.51. The maximum atomic E-state index is 13.1. The molecule has 2 nitrogen and oxygen atoms in total. The van der Waals surface area contributed by atoms with E-state index in [1.165, 1.54) is 37.7 Å². The highest BCUT2D eigenvalue weighted by molar-refractivity contribution is 6.28. The van der Waals surface area contributed by atoms with Gasteiger partial charge < -0.3 is 0 Å². The van der Waals surface area contributed by atoms with Gasteiger partial charge in [-0.3, -0.25) is 9.59 Å². The molecule has 0 heterocycles. The van der Waals surface area contributed by atoms with Crippen LogP contribution in [0.5, 0.6) is 0 Å². The van der Waals surface area contributed by atoms with Crippen molar-refractivity contribution in [3.8, 4) is 0 Å². The van der Waals surface area contributed by atoms with E-state index in [4.69, 9.17) is 0 Å². The van der Waals surface area contributed by atoms with Gasteiger partial charge in [-0.2, -0.15) is 0 Å². The molecule has 0 N–H and O–H groups in total. The van der Waals surface area contributed by atoms with Gasteiger partial charge in [0.15, 0.2) is 11.6 Å². The second-order valence-corrected chi connectivity index (χ2v) is 7.71. The molecule has 1 aliphatic carbocycles. The van der Waals surface area contributed by atoms with Crippen molar-refractivity contribution < 1.29 is 9.59 Å². The fourth-order valence-electron chi connectivity index (χ4n) is 4.38. The number of unbranched alkanes of at least 4 members (excludes halogenated alkanes) is 4. The molecule has 0 radical (unpaired) electrons. The number of fused-ring (bicyclic) bond motifs is 2. The van der Waals surface area contributed by atoms with Crippen molar-refractivity contribution >= 4 is 11.6 Å². The summed E-state index contributed by atoms with van der Waals surface area (Å²) < 4.78 is 0. The molecule has 27 heavy (non-hydrogen) atoms. The van der Waals surface area contributed by atoms with Crippen molar-refractivity contribution in [2.45, 2.75) is 71.6 Å². The van der Waals surface area contributed by atoms with Crippen molar-refractivity contribution in [3.05, 3.63) is 69.8 Å². The Hall–Kier alpha value is -2.22. The molecule has 3 rings (SSSR count). The summed E-state index contributed by atoms with van der Waals surface area (Å²) >= 11 is 0. The minimum absolute atomic E-state index is 0.00245. The molecule has 0 spiro atoms. The molecule has 0 amide bonds. The molecule has 1 aliphatic rings. The Bertz CT molecular complexity index is 847. The van der Waals surface area contributed by atoms with Gasteiger partial charge >= 0.3 is 0 Å². The van der Waals surface area contributed by atoms with E-state index in [9.17, 15) is 9.59 Å². The summed E-state index contributed by atoms with van der Waals surface area (Å²) in [5, 5.41) is 0. The Morgan fingerprint density at radius 2 is 1.44 bits per heavy atom. The van der Waals surface area contributed by atoms with Crippen molar-refractivity contribution in [1.29, 1.82) is 0 Å². The summed E-state index contributed by atoms with van der Waals surface area (Å²) in [6.45, 7) is 6.48. The minimum Gasteiger partial charge on any atom is -0.289 e. The van der Waals surface area contributed by atoms with Crippen LogP contribution in [0, 0.1) is 6.92 Å². The van der Waals surface area contributed by atoms with Gasteiger partial charge in [0.2, 0.25) is 0 Å². The van der Waals surface area contributed by atoms with Gasteiger partial charge in [0, 0.05) is 22.3 Å². The Morgan fingerprint density at radius 1 is 0.778 bits per heavy atom. The molecule has 2 aromatic rings. The molecular weight excluding hydrogens is 332 g/mol. The number of benzene rings is 2. The lowest BCUT2D eigenvalue weighted by Crippen LogP contribution is -2.23. The summed E-state index contributed by atoms with van der Waals surface area (Å²) in [4.78, 5) is 26.0. The number of ketones is 2. The van der Waals surface area contributed by atoms with Gasteiger partial charge in [0.05, 0.1) is 0 Å². The van der Waals surface area contributed by atoms with Crippen molar-refractivity contribution in [1.82, 2.24) is 0 Å². The van der Waals surface area contributed by atoms with Crippen LogP contribution < -0.4 is 0 Å². The summed E-state index contributed by atoms with van der Waals surface area (Å²) in [5.74, 6) is 0.428. The maximum Gasteiger partial charge on any atom is 0.194 e. The van der Waals surface area contributed by atoms with Crippen LogP contribution in [0.15, 0.2) is 36.4 Å². The molecule has 0 saturated carbocycles. The molecule has 2 heteroatoms. The van der Waals surface area contributed by atoms with E-state index in [0.717, 1.165) is 18.4 Å². The molecule has 2 aromatic carbocycles. The maximum absolute atomic E-state index is 13.1. The average Bonchev–Trinajstić information content (AvgIpc) is 2.69. The van der Waals surface area contributed by atoms with Gasteiger partial charge in [-0.25, -0.2) is 0 Å². The van der Waals surface area contributed by atoms with Gasteiger partial charge in [-0.15, -0.1) is 0 Å². The normalized spacial score (nSPS) is 14.0. The first-order valence-corrected chi connectivity index (χ1v) is 10.4. The van der Waals surface area contributed by atoms with Crippen LogP contribution in [0.25, 0.3) is 0 Å². The van der Waals surface area contributed by atoms with Crippen LogP contribution in [-0.2, 0) is 0 Å². The van der Waals surface area contributed by atoms with Gasteiger partial charge in [-0.1, -0.05) is 76.3 Å². The van der Waals surface area contributed by atoms with Gasteiger partial charge in [0.25, 0.3) is 0 Å². The van der Waals surface area contributed by atoms with Crippen LogP contribution in [0.3, 0.4) is 0 Å².